The minimum Gasteiger partial charge on any atom is -0.320 e. The Balaban J connectivity index is 2.33. The Morgan fingerprint density at radius 3 is 2.67 bits per heavy atom. The lowest BCUT2D eigenvalue weighted by Gasteiger charge is -2.05. The Hall–Kier alpha value is 0.140. The van der Waals surface area contributed by atoms with Crippen molar-refractivity contribution in [2.45, 2.75) is 25.7 Å². The predicted molar refractivity (Wildman–Crippen MR) is 73.3 cm³/mol. The van der Waals surface area contributed by atoms with E-state index >= 15 is 0 Å². The molecule has 0 aromatic heterocycles. The third kappa shape index (κ3) is 5.14. The van der Waals surface area contributed by atoms with Gasteiger partial charge in [-0.3, -0.25) is 0 Å². The molecule has 1 rings (SSSR count). The first-order valence-electron chi connectivity index (χ1n) is 5.32. The molecular formula is C12H17Br2N. The zero-order valence-electron chi connectivity index (χ0n) is 9.02. The second kappa shape index (κ2) is 7.42. The molecule has 0 atom stereocenters. The number of halogens is 2. The summed E-state index contributed by atoms with van der Waals surface area (Å²) in [5.41, 5.74) is 1.40. The van der Waals surface area contributed by atoms with Crippen molar-refractivity contribution in [1.82, 2.24) is 5.32 Å². The Morgan fingerprint density at radius 2 is 1.93 bits per heavy atom. The first-order valence-corrected chi connectivity index (χ1v) is 6.91. The van der Waals surface area contributed by atoms with Crippen LogP contribution in [0.4, 0.5) is 0 Å². The van der Waals surface area contributed by atoms with Crippen molar-refractivity contribution in [3.05, 3.63) is 32.7 Å². The van der Waals surface area contributed by atoms with E-state index in [-0.39, 0.29) is 0 Å². The van der Waals surface area contributed by atoms with Crippen LogP contribution in [0, 0.1) is 0 Å². The Morgan fingerprint density at radius 1 is 1.13 bits per heavy atom. The molecule has 1 N–H and O–H groups in total. The maximum absolute atomic E-state index is 3.58. The summed E-state index contributed by atoms with van der Waals surface area (Å²) in [5, 5.41) is 3.17. The summed E-state index contributed by atoms with van der Waals surface area (Å²) in [7, 11) is 2.00. The van der Waals surface area contributed by atoms with Crippen molar-refractivity contribution in [2.24, 2.45) is 0 Å². The Kier molecular flexibility index (Phi) is 6.53. The minimum atomic E-state index is 1.12. The lowest BCUT2D eigenvalue weighted by molar-refractivity contribution is 0.642. The average Bonchev–Trinajstić information content (AvgIpc) is 2.23. The second-order valence-electron chi connectivity index (χ2n) is 3.65. The van der Waals surface area contributed by atoms with Crippen molar-refractivity contribution in [1.29, 1.82) is 0 Å². The zero-order chi connectivity index (χ0) is 11.1. The van der Waals surface area contributed by atoms with Crippen molar-refractivity contribution < 1.29 is 0 Å². The van der Waals surface area contributed by atoms with E-state index in [4.69, 9.17) is 0 Å². The van der Waals surface area contributed by atoms with Gasteiger partial charge >= 0.3 is 0 Å². The molecule has 1 aromatic carbocycles. The standard InChI is InChI=1S/C12H17Br2N/c1-15-8-4-2-3-5-10-9-11(13)6-7-12(10)14/h6-7,9,15H,2-5,8H2,1H3. The summed E-state index contributed by atoms with van der Waals surface area (Å²) >= 11 is 7.08. The lowest BCUT2D eigenvalue weighted by Crippen LogP contribution is -2.07. The Bertz CT molecular complexity index is 300. The monoisotopic (exact) mass is 333 g/mol. The third-order valence-corrected chi connectivity index (χ3v) is 3.65. The van der Waals surface area contributed by atoms with Crippen molar-refractivity contribution in [3.63, 3.8) is 0 Å². The number of hydrogen-bond acceptors (Lipinski definition) is 1. The van der Waals surface area contributed by atoms with Gasteiger partial charge in [0.2, 0.25) is 0 Å². The molecule has 0 bridgehead atoms. The van der Waals surface area contributed by atoms with E-state index in [1.807, 2.05) is 7.05 Å². The fourth-order valence-corrected chi connectivity index (χ4v) is 2.38. The first kappa shape index (κ1) is 13.2. The van der Waals surface area contributed by atoms with Gasteiger partial charge in [0, 0.05) is 8.95 Å². The van der Waals surface area contributed by atoms with Gasteiger partial charge in [-0.25, -0.2) is 0 Å². The average molecular weight is 335 g/mol. The number of benzene rings is 1. The fraction of sp³-hybridized carbons (Fsp3) is 0.500. The molecule has 0 aliphatic rings. The first-order chi connectivity index (χ1) is 7.24. The molecule has 0 unspecified atom stereocenters. The smallest absolute Gasteiger partial charge is 0.0208 e. The van der Waals surface area contributed by atoms with Gasteiger partial charge in [0.25, 0.3) is 0 Å². The number of unbranched alkanes of at least 4 members (excludes halogenated alkanes) is 2. The Labute approximate surface area is 109 Å². The molecule has 15 heavy (non-hydrogen) atoms. The molecule has 1 nitrogen and oxygen atoms in total. The number of hydrogen-bond donors (Lipinski definition) is 1. The molecule has 0 radical (unpaired) electrons. The predicted octanol–water partition coefficient (Wildman–Crippen LogP) is 4.14. The van der Waals surface area contributed by atoms with Crippen LogP contribution < -0.4 is 5.32 Å². The van der Waals surface area contributed by atoms with E-state index in [1.165, 1.54) is 29.3 Å². The molecule has 0 saturated carbocycles. The van der Waals surface area contributed by atoms with Gasteiger partial charge in [0.15, 0.2) is 0 Å². The van der Waals surface area contributed by atoms with Gasteiger partial charge in [-0.15, -0.1) is 0 Å². The van der Waals surface area contributed by atoms with Crippen LogP contribution in [-0.4, -0.2) is 13.6 Å². The van der Waals surface area contributed by atoms with Gasteiger partial charge in [0.1, 0.15) is 0 Å². The van der Waals surface area contributed by atoms with Crippen LogP contribution >= 0.6 is 31.9 Å². The quantitative estimate of drug-likeness (QED) is 0.771. The highest BCUT2D eigenvalue weighted by Crippen LogP contribution is 2.23. The van der Waals surface area contributed by atoms with Crippen LogP contribution in [-0.2, 0) is 6.42 Å². The minimum absolute atomic E-state index is 1.12. The van der Waals surface area contributed by atoms with Gasteiger partial charge in [-0.05, 0) is 56.6 Å². The molecule has 0 aliphatic heterocycles. The van der Waals surface area contributed by atoms with Gasteiger partial charge < -0.3 is 5.32 Å². The van der Waals surface area contributed by atoms with Crippen LogP contribution in [0.1, 0.15) is 24.8 Å². The van der Waals surface area contributed by atoms with E-state index < -0.39 is 0 Å². The van der Waals surface area contributed by atoms with E-state index in [1.54, 1.807) is 0 Å². The normalized spacial score (nSPS) is 10.6. The maximum Gasteiger partial charge on any atom is 0.0208 e. The molecular weight excluding hydrogens is 318 g/mol. The molecule has 3 heteroatoms. The molecule has 0 aliphatic carbocycles. The molecule has 1 aromatic rings. The van der Waals surface area contributed by atoms with E-state index in [9.17, 15) is 0 Å². The van der Waals surface area contributed by atoms with Gasteiger partial charge in [-0.2, -0.15) is 0 Å². The molecule has 0 fully saturated rings. The second-order valence-corrected chi connectivity index (χ2v) is 5.42. The van der Waals surface area contributed by atoms with Crippen molar-refractivity contribution in [2.75, 3.05) is 13.6 Å². The van der Waals surface area contributed by atoms with Crippen LogP contribution in [0.5, 0.6) is 0 Å². The van der Waals surface area contributed by atoms with Crippen molar-refractivity contribution in [3.8, 4) is 0 Å². The van der Waals surface area contributed by atoms with Crippen LogP contribution in [0.15, 0.2) is 27.1 Å². The number of aryl methyl sites for hydroxylation is 1. The molecule has 84 valence electrons. The van der Waals surface area contributed by atoms with Gasteiger partial charge in [-0.1, -0.05) is 38.3 Å². The number of nitrogens with one attached hydrogen (secondary N) is 1. The molecule has 0 heterocycles. The zero-order valence-corrected chi connectivity index (χ0v) is 12.2. The summed E-state index contributed by atoms with van der Waals surface area (Å²) in [5.74, 6) is 0. The van der Waals surface area contributed by atoms with Crippen LogP contribution in [0.2, 0.25) is 0 Å². The topological polar surface area (TPSA) is 12.0 Å². The largest absolute Gasteiger partial charge is 0.320 e. The van der Waals surface area contributed by atoms with E-state index in [2.05, 4.69) is 55.4 Å². The van der Waals surface area contributed by atoms with Crippen LogP contribution in [0.3, 0.4) is 0 Å². The SMILES string of the molecule is CNCCCCCc1cc(Br)ccc1Br. The van der Waals surface area contributed by atoms with Crippen LogP contribution in [0.25, 0.3) is 0 Å². The molecule has 0 saturated heterocycles. The summed E-state index contributed by atoms with van der Waals surface area (Å²) in [6.07, 6.45) is 4.97. The van der Waals surface area contributed by atoms with E-state index in [0.29, 0.717) is 0 Å². The lowest BCUT2D eigenvalue weighted by atomic mass is 10.1. The van der Waals surface area contributed by atoms with Gasteiger partial charge in [0.05, 0.1) is 0 Å². The summed E-state index contributed by atoms with van der Waals surface area (Å²) in [6, 6.07) is 6.36. The summed E-state index contributed by atoms with van der Waals surface area (Å²) < 4.78 is 2.38. The fourth-order valence-electron chi connectivity index (χ4n) is 1.53. The highest BCUT2D eigenvalue weighted by atomic mass is 79.9. The highest BCUT2D eigenvalue weighted by molar-refractivity contribution is 9.11. The van der Waals surface area contributed by atoms with Crippen molar-refractivity contribution >= 4 is 31.9 Å². The number of rotatable bonds is 6. The molecule has 0 spiro atoms. The third-order valence-electron chi connectivity index (χ3n) is 2.38. The maximum atomic E-state index is 3.58. The summed E-state index contributed by atoms with van der Waals surface area (Å²) in [4.78, 5) is 0. The molecule has 0 amide bonds. The highest BCUT2D eigenvalue weighted by Gasteiger charge is 2.00. The van der Waals surface area contributed by atoms with E-state index in [0.717, 1.165) is 17.4 Å². The summed E-state index contributed by atoms with van der Waals surface area (Å²) in [6.45, 7) is 1.12.